The third-order valence-corrected chi connectivity index (χ3v) is 3.44. The summed E-state index contributed by atoms with van der Waals surface area (Å²) in [4.78, 5) is 16.9. The van der Waals surface area contributed by atoms with Gasteiger partial charge in [-0.3, -0.25) is 4.79 Å². The van der Waals surface area contributed by atoms with Crippen LogP contribution in [0.2, 0.25) is 0 Å². The fraction of sp³-hybridized carbons (Fsp3) is 0.500. The highest BCUT2D eigenvalue weighted by Crippen LogP contribution is 2.33. The Morgan fingerprint density at radius 3 is 2.58 bits per heavy atom. The van der Waals surface area contributed by atoms with Gasteiger partial charge in [0, 0.05) is 5.92 Å². The van der Waals surface area contributed by atoms with Crippen molar-refractivity contribution < 1.29 is 9.21 Å². The van der Waals surface area contributed by atoms with Crippen LogP contribution in [0, 0.1) is 11.3 Å². The Balaban J connectivity index is 2.36. The molecule has 3 heteroatoms. The van der Waals surface area contributed by atoms with Gasteiger partial charge < -0.3 is 4.42 Å². The van der Waals surface area contributed by atoms with Gasteiger partial charge in [-0.1, -0.05) is 46.2 Å². The summed E-state index contributed by atoms with van der Waals surface area (Å²) in [5, 5.41) is 0. The number of benzene rings is 1. The summed E-state index contributed by atoms with van der Waals surface area (Å²) >= 11 is 0. The predicted octanol–water partition coefficient (Wildman–Crippen LogP) is 4.47. The van der Waals surface area contributed by atoms with E-state index in [1.165, 1.54) is 0 Å². The molecule has 1 atom stereocenters. The molecule has 0 aliphatic carbocycles. The van der Waals surface area contributed by atoms with Gasteiger partial charge in [0.05, 0.1) is 0 Å². The molecule has 1 aromatic heterocycles. The SMILES string of the molecule is CCCC(C(=O)c1nc2ccccc2o1)C(C)(C)C. The van der Waals surface area contributed by atoms with Crippen molar-refractivity contribution in [3.8, 4) is 0 Å². The Morgan fingerprint density at radius 1 is 1.32 bits per heavy atom. The molecule has 3 nitrogen and oxygen atoms in total. The van der Waals surface area contributed by atoms with Crippen LogP contribution in [0.3, 0.4) is 0 Å². The first-order valence-corrected chi connectivity index (χ1v) is 6.83. The standard InChI is InChI=1S/C16H21NO2/c1-5-8-11(16(2,3)4)14(18)15-17-12-9-6-7-10-13(12)19-15/h6-7,9-11H,5,8H2,1-4H3. The summed E-state index contributed by atoms with van der Waals surface area (Å²) in [6.45, 7) is 8.37. The number of hydrogen-bond acceptors (Lipinski definition) is 3. The number of hydrogen-bond donors (Lipinski definition) is 0. The Labute approximate surface area is 114 Å². The number of ketones is 1. The summed E-state index contributed by atoms with van der Waals surface area (Å²) in [5.41, 5.74) is 1.35. The molecule has 0 saturated carbocycles. The maximum absolute atomic E-state index is 12.6. The molecule has 0 amide bonds. The molecule has 0 bridgehead atoms. The molecule has 1 unspecified atom stereocenters. The first-order chi connectivity index (χ1) is 8.93. The van der Waals surface area contributed by atoms with Crippen molar-refractivity contribution in [1.29, 1.82) is 0 Å². The molecule has 19 heavy (non-hydrogen) atoms. The molecule has 102 valence electrons. The van der Waals surface area contributed by atoms with Gasteiger partial charge in [-0.2, -0.15) is 0 Å². The van der Waals surface area contributed by atoms with Crippen LogP contribution in [0.4, 0.5) is 0 Å². The maximum atomic E-state index is 12.6. The van der Waals surface area contributed by atoms with Crippen molar-refractivity contribution in [1.82, 2.24) is 4.98 Å². The van der Waals surface area contributed by atoms with Crippen LogP contribution in [-0.4, -0.2) is 10.8 Å². The number of fused-ring (bicyclic) bond motifs is 1. The smallest absolute Gasteiger partial charge is 0.264 e. The number of para-hydroxylation sites is 2. The number of rotatable bonds is 4. The van der Waals surface area contributed by atoms with Gasteiger partial charge in [0.2, 0.25) is 5.78 Å². The topological polar surface area (TPSA) is 43.1 Å². The second-order valence-electron chi connectivity index (χ2n) is 6.06. The van der Waals surface area contributed by atoms with Gasteiger partial charge in [-0.05, 0) is 24.0 Å². The number of oxazole rings is 1. The Hall–Kier alpha value is -1.64. The third kappa shape index (κ3) is 2.86. The van der Waals surface area contributed by atoms with Gasteiger partial charge in [-0.25, -0.2) is 4.98 Å². The molecule has 0 N–H and O–H groups in total. The number of aromatic nitrogens is 1. The Bertz CT molecular complexity index is 545. The van der Waals surface area contributed by atoms with Gasteiger partial charge in [-0.15, -0.1) is 0 Å². The van der Waals surface area contributed by atoms with Crippen LogP contribution < -0.4 is 0 Å². The summed E-state index contributed by atoms with van der Waals surface area (Å²) in [7, 11) is 0. The molecule has 2 aromatic rings. The lowest BCUT2D eigenvalue weighted by Gasteiger charge is -2.28. The number of Topliss-reactive ketones (excluding diaryl/α,β-unsaturated/α-hetero) is 1. The highest BCUT2D eigenvalue weighted by molar-refractivity contribution is 5.96. The fourth-order valence-electron chi connectivity index (χ4n) is 2.37. The lowest BCUT2D eigenvalue weighted by atomic mass is 9.75. The molecule has 0 fully saturated rings. The maximum Gasteiger partial charge on any atom is 0.264 e. The van der Waals surface area contributed by atoms with Gasteiger partial charge in [0.15, 0.2) is 5.58 Å². The summed E-state index contributed by atoms with van der Waals surface area (Å²) < 4.78 is 5.59. The van der Waals surface area contributed by atoms with E-state index >= 15 is 0 Å². The zero-order valence-electron chi connectivity index (χ0n) is 12.1. The molecule has 0 saturated heterocycles. The molecule has 0 radical (unpaired) electrons. The number of carbonyl (C=O) groups excluding carboxylic acids is 1. The summed E-state index contributed by atoms with van der Waals surface area (Å²) in [6.07, 6.45) is 1.84. The van der Waals surface area contributed by atoms with E-state index in [1.807, 2.05) is 24.3 Å². The van der Waals surface area contributed by atoms with E-state index in [1.54, 1.807) is 0 Å². The number of carbonyl (C=O) groups is 1. The first-order valence-electron chi connectivity index (χ1n) is 6.83. The average Bonchev–Trinajstić information content (AvgIpc) is 2.77. The fourth-order valence-corrected chi connectivity index (χ4v) is 2.37. The molecule has 1 heterocycles. The van der Waals surface area contributed by atoms with E-state index in [4.69, 9.17) is 4.42 Å². The summed E-state index contributed by atoms with van der Waals surface area (Å²) in [6, 6.07) is 7.48. The monoisotopic (exact) mass is 259 g/mol. The predicted molar refractivity (Wildman–Crippen MR) is 76.2 cm³/mol. The van der Waals surface area contributed by atoms with Crippen molar-refractivity contribution in [3.05, 3.63) is 30.2 Å². The van der Waals surface area contributed by atoms with Crippen LogP contribution in [0.25, 0.3) is 11.1 Å². The zero-order chi connectivity index (χ0) is 14.0. The van der Waals surface area contributed by atoms with Crippen molar-refractivity contribution in [3.63, 3.8) is 0 Å². The van der Waals surface area contributed by atoms with Crippen molar-refractivity contribution in [2.75, 3.05) is 0 Å². The van der Waals surface area contributed by atoms with Crippen LogP contribution in [0.1, 0.15) is 51.2 Å². The Morgan fingerprint density at radius 2 is 2.00 bits per heavy atom. The van der Waals surface area contributed by atoms with Crippen LogP contribution >= 0.6 is 0 Å². The zero-order valence-corrected chi connectivity index (χ0v) is 12.1. The van der Waals surface area contributed by atoms with Gasteiger partial charge >= 0.3 is 0 Å². The van der Waals surface area contributed by atoms with Gasteiger partial charge in [0.1, 0.15) is 5.52 Å². The third-order valence-electron chi connectivity index (χ3n) is 3.44. The minimum atomic E-state index is -0.0756. The molecule has 2 rings (SSSR count). The molecular formula is C16H21NO2. The van der Waals surface area contributed by atoms with Crippen molar-refractivity contribution in [2.45, 2.75) is 40.5 Å². The molecular weight excluding hydrogens is 238 g/mol. The normalized spacial score (nSPS) is 13.7. The second-order valence-corrected chi connectivity index (χ2v) is 6.06. The number of nitrogens with zero attached hydrogens (tertiary/aromatic N) is 1. The van der Waals surface area contributed by atoms with E-state index in [0.717, 1.165) is 18.4 Å². The quantitative estimate of drug-likeness (QED) is 0.761. The van der Waals surface area contributed by atoms with E-state index in [0.29, 0.717) is 5.58 Å². The highest BCUT2D eigenvalue weighted by Gasteiger charge is 2.33. The van der Waals surface area contributed by atoms with E-state index < -0.39 is 0 Å². The molecule has 0 spiro atoms. The largest absolute Gasteiger partial charge is 0.434 e. The minimum absolute atomic E-state index is 0.0190. The van der Waals surface area contributed by atoms with Gasteiger partial charge in [0.25, 0.3) is 5.89 Å². The van der Waals surface area contributed by atoms with E-state index in [2.05, 4.69) is 32.7 Å². The van der Waals surface area contributed by atoms with Crippen LogP contribution in [0.15, 0.2) is 28.7 Å². The minimum Gasteiger partial charge on any atom is -0.434 e. The lowest BCUT2D eigenvalue weighted by molar-refractivity contribution is 0.0767. The molecule has 1 aromatic carbocycles. The highest BCUT2D eigenvalue weighted by atomic mass is 16.4. The van der Waals surface area contributed by atoms with Crippen molar-refractivity contribution >= 4 is 16.9 Å². The van der Waals surface area contributed by atoms with Crippen molar-refractivity contribution in [2.24, 2.45) is 11.3 Å². The van der Waals surface area contributed by atoms with E-state index in [-0.39, 0.29) is 23.0 Å². The molecule has 0 aliphatic rings. The summed E-state index contributed by atoms with van der Waals surface area (Å²) in [5.74, 6) is 0.214. The Kier molecular flexibility index (Phi) is 3.74. The van der Waals surface area contributed by atoms with Crippen LogP contribution in [0.5, 0.6) is 0 Å². The second kappa shape index (κ2) is 5.16. The molecule has 0 aliphatic heterocycles. The lowest BCUT2D eigenvalue weighted by Crippen LogP contribution is -2.28. The average molecular weight is 259 g/mol. The van der Waals surface area contributed by atoms with E-state index in [9.17, 15) is 4.79 Å². The first kappa shape index (κ1) is 13.8. The van der Waals surface area contributed by atoms with Crippen LogP contribution in [-0.2, 0) is 0 Å².